The smallest absolute Gasteiger partial charge is 0.222 e. The fourth-order valence-electron chi connectivity index (χ4n) is 2.21. The van der Waals surface area contributed by atoms with Crippen LogP contribution in [0.25, 0.3) is 11.0 Å². The highest BCUT2D eigenvalue weighted by Crippen LogP contribution is 2.27. The molecular weight excluding hydrogens is 304 g/mol. The molecule has 0 bridgehead atoms. The van der Waals surface area contributed by atoms with E-state index in [1.54, 1.807) is 19.4 Å². The van der Waals surface area contributed by atoms with Gasteiger partial charge in [-0.3, -0.25) is 0 Å². The number of rotatable bonds is 7. The van der Waals surface area contributed by atoms with Gasteiger partial charge < -0.3 is 14.5 Å². The first-order valence-electron chi connectivity index (χ1n) is 7.45. The van der Waals surface area contributed by atoms with Crippen molar-refractivity contribution in [3.8, 4) is 11.5 Å². The van der Waals surface area contributed by atoms with Gasteiger partial charge in [0.2, 0.25) is 5.95 Å². The number of hydrazone groups is 1. The Hall–Kier alpha value is -3.28. The van der Waals surface area contributed by atoms with E-state index in [9.17, 15) is 0 Å². The number of fused-ring (bicyclic) bond motifs is 1. The van der Waals surface area contributed by atoms with Crippen LogP contribution in [0, 0.1) is 0 Å². The van der Waals surface area contributed by atoms with Crippen LogP contribution < -0.4 is 14.9 Å². The highest BCUT2D eigenvalue weighted by Gasteiger charge is 2.04. The highest BCUT2D eigenvalue weighted by molar-refractivity contribution is 5.82. The molecule has 0 amide bonds. The number of hydrogen-bond acceptors (Lipinski definition) is 5. The molecule has 122 valence electrons. The molecule has 0 spiro atoms. The van der Waals surface area contributed by atoms with Crippen molar-refractivity contribution in [1.29, 1.82) is 0 Å². The number of hydrogen-bond donors (Lipinski definition) is 2. The van der Waals surface area contributed by atoms with E-state index in [0.717, 1.165) is 16.6 Å². The Bertz CT molecular complexity index is 837. The van der Waals surface area contributed by atoms with Gasteiger partial charge in [0.05, 0.1) is 24.4 Å². The van der Waals surface area contributed by atoms with Crippen LogP contribution in [0.1, 0.15) is 5.56 Å². The molecule has 3 aromatic rings. The minimum absolute atomic E-state index is 0.428. The number of aromatic nitrogens is 2. The van der Waals surface area contributed by atoms with E-state index in [1.807, 2.05) is 42.5 Å². The lowest BCUT2D eigenvalue weighted by molar-refractivity contribution is 0.326. The molecule has 1 heterocycles. The van der Waals surface area contributed by atoms with E-state index in [2.05, 4.69) is 27.1 Å². The van der Waals surface area contributed by atoms with Crippen LogP contribution in [0.5, 0.6) is 11.5 Å². The number of para-hydroxylation sites is 2. The van der Waals surface area contributed by atoms with E-state index in [-0.39, 0.29) is 0 Å². The highest BCUT2D eigenvalue weighted by atomic mass is 16.5. The first kappa shape index (κ1) is 15.6. The lowest BCUT2D eigenvalue weighted by Crippen LogP contribution is -1.97. The molecule has 0 aliphatic rings. The first-order valence-corrected chi connectivity index (χ1v) is 7.45. The van der Waals surface area contributed by atoms with Crippen molar-refractivity contribution in [2.75, 3.05) is 19.1 Å². The van der Waals surface area contributed by atoms with Crippen molar-refractivity contribution in [1.82, 2.24) is 9.97 Å². The average molecular weight is 322 g/mol. The molecular formula is C18H18N4O2. The largest absolute Gasteiger partial charge is 0.493 e. The Kier molecular flexibility index (Phi) is 4.76. The van der Waals surface area contributed by atoms with Crippen LogP contribution in [0.3, 0.4) is 0 Å². The number of nitrogens with zero attached hydrogens (tertiary/aromatic N) is 2. The fourth-order valence-corrected chi connectivity index (χ4v) is 2.21. The zero-order valence-corrected chi connectivity index (χ0v) is 13.3. The van der Waals surface area contributed by atoms with Crippen LogP contribution in [0.4, 0.5) is 5.95 Å². The van der Waals surface area contributed by atoms with Gasteiger partial charge in [0, 0.05) is 0 Å². The molecule has 0 aliphatic carbocycles. The fraction of sp³-hybridized carbons (Fsp3) is 0.111. The molecule has 3 rings (SSSR count). The molecule has 24 heavy (non-hydrogen) atoms. The van der Waals surface area contributed by atoms with Gasteiger partial charge in [0.15, 0.2) is 11.5 Å². The maximum atomic E-state index is 5.52. The Morgan fingerprint density at radius 3 is 2.92 bits per heavy atom. The molecule has 0 saturated heterocycles. The molecule has 2 N–H and O–H groups in total. The van der Waals surface area contributed by atoms with Gasteiger partial charge >= 0.3 is 0 Å². The summed E-state index contributed by atoms with van der Waals surface area (Å²) in [7, 11) is 1.60. The van der Waals surface area contributed by atoms with Gasteiger partial charge in [-0.15, -0.1) is 0 Å². The number of methoxy groups -OCH3 is 1. The van der Waals surface area contributed by atoms with Crippen LogP contribution in [-0.4, -0.2) is 29.9 Å². The molecule has 0 unspecified atom stereocenters. The maximum Gasteiger partial charge on any atom is 0.222 e. The van der Waals surface area contributed by atoms with E-state index in [4.69, 9.17) is 9.47 Å². The third-order valence-electron chi connectivity index (χ3n) is 3.32. The lowest BCUT2D eigenvalue weighted by Gasteiger charge is -2.09. The van der Waals surface area contributed by atoms with Crippen LogP contribution in [-0.2, 0) is 0 Å². The standard InChI is InChI=1S/C18H18N4O2/c1-3-10-24-16-9-8-13(11-17(16)23-2)12-19-22-18-20-14-6-4-5-7-15(14)21-18/h3-9,11-12H,1,10H2,2H3,(H2,20,21,22)/b19-12-. The van der Waals surface area contributed by atoms with Gasteiger partial charge in [-0.05, 0) is 35.9 Å². The summed E-state index contributed by atoms with van der Waals surface area (Å²) in [5.41, 5.74) is 5.61. The number of imidazole rings is 1. The molecule has 1 aromatic heterocycles. The molecule has 6 heteroatoms. The molecule has 0 aliphatic heterocycles. The summed E-state index contributed by atoms with van der Waals surface area (Å²) in [6.45, 7) is 4.06. The SMILES string of the molecule is C=CCOc1ccc(/C=N\Nc2nc3ccccc3[nH]2)cc1OC. The zero-order valence-electron chi connectivity index (χ0n) is 13.3. The van der Waals surface area contributed by atoms with E-state index in [1.165, 1.54) is 0 Å². The monoisotopic (exact) mass is 322 g/mol. The number of H-pyrrole nitrogens is 1. The quantitative estimate of drug-likeness (QED) is 0.396. The predicted molar refractivity (Wildman–Crippen MR) is 96.0 cm³/mol. The Morgan fingerprint density at radius 2 is 2.12 bits per heavy atom. The van der Waals surface area contributed by atoms with Crippen molar-refractivity contribution >= 4 is 23.2 Å². The van der Waals surface area contributed by atoms with E-state index >= 15 is 0 Å². The van der Waals surface area contributed by atoms with Crippen molar-refractivity contribution < 1.29 is 9.47 Å². The summed E-state index contributed by atoms with van der Waals surface area (Å²) in [6.07, 6.45) is 3.37. The second-order valence-electron chi connectivity index (χ2n) is 4.98. The Balaban J connectivity index is 1.70. The number of aromatic amines is 1. The summed E-state index contributed by atoms with van der Waals surface area (Å²) < 4.78 is 10.8. The van der Waals surface area contributed by atoms with Crippen molar-refractivity contribution in [3.63, 3.8) is 0 Å². The van der Waals surface area contributed by atoms with Gasteiger partial charge in [-0.25, -0.2) is 10.4 Å². The minimum atomic E-state index is 0.428. The Morgan fingerprint density at radius 1 is 1.25 bits per heavy atom. The summed E-state index contributed by atoms with van der Waals surface area (Å²) in [5, 5.41) is 4.19. The predicted octanol–water partition coefficient (Wildman–Crippen LogP) is 3.58. The van der Waals surface area contributed by atoms with E-state index in [0.29, 0.717) is 24.1 Å². The van der Waals surface area contributed by atoms with Crippen molar-refractivity contribution in [3.05, 3.63) is 60.7 Å². The molecule has 0 radical (unpaired) electrons. The normalized spacial score (nSPS) is 10.9. The zero-order chi connectivity index (χ0) is 16.8. The Labute approximate surface area is 139 Å². The van der Waals surface area contributed by atoms with Crippen molar-refractivity contribution in [2.24, 2.45) is 5.10 Å². The molecule has 0 saturated carbocycles. The minimum Gasteiger partial charge on any atom is -0.493 e. The van der Waals surface area contributed by atoms with Gasteiger partial charge in [-0.1, -0.05) is 24.8 Å². The molecule has 2 aromatic carbocycles. The summed E-state index contributed by atoms with van der Waals surface area (Å²) in [4.78, 5) is 7.54. The molecule has 0 atom stereocenters. The van der Waals surface area contributed by atoms with Gasteiger partial charge in [0.25, 0.3) is 0 Å². The van der Waals surface area contributed by atoms with Crippen LogP contribution in [0.2, 0.25) is 0 Å². The van der Waals surface area contributed by atoms with Gasteiger partial charge in [-0.2, -0.15) is 5.10 Å². The summed E-state index contributed by atoms with van der Waals surface area (Å²) in [6, 6.07) is 13.4. The second kappa shape index (κ2) is 7.32. The third-order valence-corrected chi connectivity index (χ3v) is 3.32. The third kappa shape index (κ3) is 3.55. The number of ether oxygens (including phenoxy) is 2. The van der Waals surface area contributed by atoms with Crippen molar-refractivity contribution in [2.45, 2.75) is 0 Å². The molecule has 6 nitrogen and oxygen atoms in total. The van der Waals surface area contributed by atoms with Crippen LogP contribution in [0.15, 0.2) is 60.2 Å². The lowest BCUT2D eigenvalue weighted by atomic mass is 10.2. The maximum absolute atomic E-state index is 5.52. The number of anilines is 1. The number of nitrogens with one attached hydrogen (secondary N) is 2. The topological polar surface area (TPSA) is 71.5 Å². The van der Waals surface area contributed by atoms with Gasteiger partial charge in [0.1, 0.15) is 6.61 Å². The molecule has 0 fully saturated rings. The van der Waals surface area contributed by atoms with E-state index < -0.39 is 0 Å². The first-order chi connectivity index (χ1) is 11.8. The second-order valence-corrected chi connectivity index (χ2v) is 4.98. The number of benzene rings is 2. The summed E-state index contributed by atoms with van der Waals surface area (Å²) in [5.74, 6) is 1.90. The van der Waals surface area contributed by atoms with Crippen LogP contribution >= 0.6 is 0 Å². The average Bonchev–Trinajstić information content (AvgIpc) is 3.03. The summed E-state index contributed by atoms with van der Waals surface area (Å²) >= 11 is 0.